The van der Waals surface area contributed by atoms with Gasteiger partial charge in [-0.1, -0.05) is 0 Å². The van der Waals surface area contributed by atoms with E-state index in [1.165, 1.54) is 0 Å². The number of non-ortho nitro benzene ring substituents is 1. The Kier molecular flexibility index (Phi) is 3.51. The van der Waals surface area contributed by atoms with Crippen molar-refractivity contribution in [2.24, 2.45) is 5.73 Å². The standard InChI is InChI=1S/C8H6F3N3O4/c9-8(10,11)7(12)5-2-1-4(13(15)16)3-6(5)14(17)18/h1-3,7H,12H2/t7-/m0/s1. The lowest BCUT2D eigenvalue weighted by Crippen LogP contribution is -2.29. The molecule has 0 saturated heterocycles. The van der Waals surface area contributed by atoms with Gasteiger partial charge in [0.15, 0.2) is 0 Å². The van der Waals surface area contributed by atoms with Crippen molar-refractivity contribution in [3.05, 3.63) is 44.0 Å². The second kappa shape index (κ2) is 4.56. The first-order valence-corrected chi connectivity index (χ1v) is 4.39. The van der Waals surface area contributed by atoms with Crippen LogP contribution >= 0.6 is 0 Å². The number of alkyl halides is 3. The van der Waals surface area contributed by atoms with Crippen LogP contribution in [-0.2, 0) is 0 Å². The second-order valence-electron chi connectivity index (χ2n) is 3.28. The quantitative estimate of drug-likeness (QED) is 0.663. The van der Waals surface area contributed by atoms with Gasteiger partial charge in [-0.25, -0.2) is 0 Å². The molecule has 0 aliphatic carbocycles. The van der Waals surface area contributed by atoms with Crippen molar-refractivity contribution in [3.63, 3.8) is 0 Å². The summed E-state index contributed by atoms with van der Waals surface area (Å²) < 4.78 is 37.1. The van der Waals surface area contributed by atoms with E-state index >= 15 is 0 Å². The fourth-order valence-electron chi connectivity index (χ4n) is 1.24. The largest absolute Gasteiger partial charge is 0.407 e. The van der Waals surface area contributed by atoms with Gasteiger partial charge in [-0.15, -0.1) is 0 Å². The molecule has 98 valence electrons. The molecule has 10 heteroatoms. The third-order valence-corrected chi connectivity index (χ3v) is 2.11. The summed E-state index contributed by atoms with van der Waals surface area (Å²) in [6, 6.07) is -0.762. The van der Waals surface area contributed by atoms with E-state index in [0.29, 0.717) is 12.1 Å². The third-order valence-electron chi connectivity index (χ3n) is 2.11. The Morgan fingerprint density at radius 1 is 1.17 bits per heavy atom. The number of hydrogen-bond donors (Lipinski definition) is 1. The smallest absolute Gasteiger partial charge is 0.316 e. The van der Waals surface area contributed by atoms with Gasteiger partial charge in [0.05, 0.1) is 21.5 Å². The van der Waals surface area contributed by atoms with E-state index in [-0.39, 0.29) is 0 Å². The van der Waals surface area contributed by atoms with Gasteiger partial charge in [0.1, 0.15) is 6.04 Å². The molecule has 1 aromatic rings. The molecule has 0 aliphatic heterocycles. The molecular weight excluding hydrogens is 259 g/mol. The van der Waals surface area contributed by atoms with Crippen molar-refractivity contribution < 1.29 is 23.0 Å². The van der Waals surface area contributed by atoms with E-state index in [2.05, 4.69) is 0 Å². The maximum absolute atomic E-state index is 12.4. The number of nitrogens with zero attached hydrogens (tertiary/aromatic N) is 2. The maximum atomic E-state index is 12.4. The van der Waals surface area contributed by atoms with Crippen LogP contribution in [0.15, 0.2) is 18.2 Å². The second-order valence-corrected chi connectivity index (χ2v) is 3.28. The van der Waals surface area contributed by atoms with Crippen LogP contribution in [-0.4, -0.2) is 16.0 Å². The predicted molar refractivity (Wildman–Crippen MR) is 52.7 cm³/mol. The zero-order valence-corrected chi connectivity index (χ0v) is 8.55. The maximum Gasteiger partial charge on any atom is 0.407 e. The highest BCUT2D eigenvalue weighted by atomic mass is 19.4. The SMILES string of the molecule is N[C@@H](c1ccc([N+](=O)[O-])cc1[N+](=O)[O-])C(F)(F)F. The van der Waals surface area contributed by atoms with Crippen LogP contribution in [0.25, 0.3) is 0 Å². The van der Waals surface area contributed by atoms with E-state index in [1.807, 2.05) is 0 Å². The average Bonchev–Trinajstić information content (AvgIpc) is 2.25. The minimum atomic E-state index is -4.87. The van der Waals surface area contributed by atoms with Crippen LogP contribution in [0.1, 0.15) is 11.6 Å². The summed E-state index contributed by atoms with van der Waals surface area (Å²) in [5.41, 5.74) is 2.30. The van der Waals surface area contributed by atoms with Crippen molar-refractivity contribution in [2.75, 3.05) is 0 Å². The van der Waals surface area contributed by atoms with E-state index in [9.17, 15) is 33.4 Å². The number of halogens is 3. The topological polar surface area (TPSA) is 112 Å². The summed E-state index contributed by atoms with van der Waals surface area (Å²) in [5, 5.41) is 21.0. The zero-order valence-electron chi connectivity index (χ0n) is 8.55. The van der Waals surface area contributed by atoms with Gasteiger partial charge in [0.2, 0.25) is 0 Å². The van der Waals surface area contributed by atoms with Crippen molar-refractivity contribution in [1.82, 2.24) is 0 Å². The molecule has 0 spiro atoms. The fraction of sp³-hybridized carbons (Fsp3) is 0.250. The third kappa shape index (κ3) is 2.71. The molecule has 0 unspecified atom stereocenters. The molecule has 0 aliphatic rings. The molecule has 18 heavy (non-hydrogen) atoms. The molecule has 0 saturated carbocycles. The Hall–Kier alpha value is -2.23. The first-order chi connectivity index (χ1) is 8.14. The van der Waals surface area contributed by atoms with Crippen LogP contribution in [0.3, 0.4) is 0 Å². The number of hydrogen-bond acceptors (Lipinski definition) is 5. The molecule has 0 fully saturated rings. The van der Waals surface area contributed by atoms with Gasteiger partial charge in [-0.2, -0.15) is 13.2 Å². The molecule has 1 rings (SSSR count). The minimum absolute atomic E-state index is 0.445. The Balaban J connectivity index is 3.37. The van der Waals surface area contributed by atoms with Crippen molar-refractivity contribution in [1.29, 1.82) is 0 Å². The zero-order chi connectivity index (χ0) is 14.1. The van der Waals surface area contributed by atoms with Crippen molar-refractivity contribution in [2.45, 2.75) is 12.2 Å². The van der Waals surface area contributed by atoms with Gasteiger partial charge in [-0.3, -0.25) is 20.2 Å². The van der Waals surface area contributed by atoms with Gasteiger partial charge >= 0.3 is 6.18 Å². The monoisotopic (exact) mass is 265 g/mol. The van der Waals surface area contributed by atoms with E-state index in [1.54, 1.807) is 0 Å². The van der Waals surface area contributed by atoms with Crippen LogP contribution in [0.4, 0.5) is 24.5 Å². The van der Waals surface area contributed by atoms with E-state index < -0.39 is 39.0 Å². The lowest BCUT2D eigenvalue weighted by Gasteiger charge is -2.15. The Morgan fingerprint density at radius 2 is 1.72 bits per heavy atom. The summed E-state index contributed by atoms with van der Waals surface area (Å²) >= 11 is 0. The van der Waals surface area contributed by atoms with E-state index in [4.69, 9.17) is 5.73 Å². The van der Waals surface area contributed by atoms with Crippen molar-refractivity contribution in [3.8, 4) is 0 Å². The Bertz CT molecular complexity index is 503. The molecular formula is C8H6F3N3O4. The molecule has 0 amide bonds. The molecule has 7 nitrogen and oxygen atoms in total. The number of nitrogens with two attached hydrogens (primary N) is 1. The van der Waals surface area contributed by atoms with Crippen LogP contribution in [0.5, 0.6) is 0 Å². The summed E-state index contributed by atoms with van der Waals surface area (Å²) in [6.07, 6.45) is -4.87. The molecule has 1 atom stereocenters. The number of benzene rings is 1. The van der Waals surface area contributed by atoms with Crippen LogP contribution in [0.2, 0.25) is 0 Å². The van der Waals surface area contributed by atoms with Gasteiger partial charge in [-0.05, 0) is 6.07 Å². The minimum Gasteiger partial charge on any atom is -0.316 e. The summed E-state index contributed by atoms with van der Waals surface area (Å²) in [4.78, 5) is 18.9. The highest BCUT2D eigenvalue weighted by molar-refractivity contribution is 5.50. The normalized spacial score (nSPS) is 13.1. The lowest BCUT2D eigenvalue weighted by atomic mass is 10.0. The van der Waals surface area contributed by atoms with Gasteiger partial charge in [0, 0.05) is 6.07 Å². The van der Waals surface area contributed by atoms with Gasteiger partial charge in [0.25, 0.3) is 11.4 Å². The molecule has 1 aromatic carbocycles. The predicted octanol–water partition coefficient (Wildman–Crippen LogP) is 2.07. The summed E-state index contributed by atoms with van der Waals surface area (Å²) in [7, 11) is 0. The van der Waals surface area contributed by atoms with Crippen molar-refractivity contribution >= 4 is 11.4 Å². The first kappa shape index (κ1) is 13.8. The number of rotatable bonds is 3. The first-order valence-electron chi connectivity index (χ1n) is 4.39. The van der Waals surface area contributed by atoms with Crippen LogP contribution < -0.4 is 5.73 Å². The van der Waals surface area contributed by atoms with Gasteiger partial charge < -0.3 is 5.73 Å². The molecule has 0 bridgehead atoms. The Morgan fingerprint density at radius 3 is 2.11 bits per heavy atom. The molecule has 0 radical (unpaired) electrons. The molecule has 0 heterocycles. The van der Waals surface area contributed by atoms with E-state index in [0.717, 1.165) is 6.07 Å². The fourth-order valence-corrected chi connectivity index (χ4v) is 1.24. The average molecular weight is 265 g/mol. The summed E-state index contributed by atoms with van der Waals surface area (Å²) in [5.74, 6) is 0. The molecule has 0 aromatic heterocycles. The number of nitro benzene ring substituents is 2. The highest BCUT2D eigenvalue weighted by Crippen LogP contribution is 2.36. The van der Waals surface area contributed by atoms with Crippen LogP contribution in [0, 0.1) is 20.2 Å². The molecule has 2 N–H and O–H groups in total. The Labute approximate surface area is 97.3 Å². The number of nitro groups is 2. The summed E-state index contributed by atoms with van der Waals surface area (Å²) in [6.45, 7) is 0. The lowest BCUT2D eigenvalue weighted by molar-refractivity contribution is -0.395. The highest BCUT2D eigenvalue weighted by Gasteiger charge is 2.41.